The van der Waals surface area contributed by atoms with Crippen LogP contribution in [0.2, 0.25) is 0 Å². The molecule has 31 heavy (non-hydrogen) atoms. The van der Waals surface area contributed by atoms with Crippen LogP contribution in [-0.4, -0.2) is 24.6 Å². The first kappa shape index (κ1) is 22.8. The Morgan fingerprint density at radius 1 is 1.06 bits per heavy atom. The quantitative estimate of drug-likeness (QED) is 0.429. The number of nitrogens with zero attached hydrogens (tertiary/aromatic N) is 4. The summed E-state index contributed by atoms with van der Waals surface area (Å²) >= 11 is 5.68. The Morgan fingerprint density at radius 2 is 1.68 bits per heavy atom. The number of alkyl halides is 7. The zero-order valence-electron chi connectivity index (χ0n) is 15.6. The van der Waals surface area contributed by atoms with Gasteiger partial charge in [0.1, 0.15) is 11.5 Å². The Hall–Kier alpha value is -2.83. The lowest BCUT2D eigenvalue weighted by atomic mass is 10.2. The van der Waals surface area contributed by atoms with E-state index in [2.05, 4.69) is 4.98 Å². The normalized spacial score (nSPS) is 13.7. The average Bonchev–Trinajstić information content (AvgIpc) is 3.02. The van der Waals surface area contributed by atoms with Gasteiger partial charge in [-0.3, -0.25) is 9.36 Å². The maximum Gasteiger partial charge on any atom is 0.449 e. The Bertz CT molecular complexity index is 1290. The molecule has 0 aliphatic rings. The minimum Gasteiger partial charge on any atom is -0.316 e. The van der Waals surface area contributed by atoms with Crippen LogP contribution in [-0.2, 0) is 19.4 Å². The van der Waals surface area contributed by atoms with Gasteiger partial charge in [0.2, 0.25) is 5.82 Å². The predicted octanol–water partition coefficient (Wildman–Crippen LogP) is 3.86. The summed E-state index contributed by atoms with van der Waals surface area (Å²) in [7, 11) is 0.721. The van der Waals surface area contributed by atoms with Crippen LogP contribution in [0, 0.1) is 5.82 Å². The number of hydrogen-bond acceptors (Lipinski definition) is 3. The van der Waals surface area contributed by atoms with Gasteiger partial charge >= 0.3 is 18.0 Å². The summed E-state index contributed by atoms with van der Waals surface area (Å²) in [5, 5.41) is 0. The standard InChI is InChI=1S/C17H12ClF7N4O2/c1-7(6-18)28-11-4-10(8(19)3-9(11)26-14(28)17(23,24)25)29-13(30)5-12(16(20,21)22)27(2)15(29)31/h3-5,7H,6H2,1-2H3. The molecule has 3 aromatic rings. The molecule has 0 spiro atoms. The molecule has 2 heterocycles. The number of imidazole rings is 1. The number of hydrogen-bond donors (Lipinski definition) is 0. The van der Waals surface area contributed by atoms with Crippen molar-refractivity contribution in [3.05, 3.63) is 56.4 Å². The predicted molar refractivity (Wildman–Crippen MR) is 96.0 cm³/mol. The summed E-state index contributed by atoms with van der Waals surface area (Å²) in [6, 6.07) is 0.409. The lowest BCUT2D eigenvalue weighted by molar-refractivity contribution is -0.147. The number of fused-ring (bicyclic) bond motifs is 1. The van der Waals surface area contributed by atoms with Crippen molar-refractivity contribution in [3.8, 4) is 5.69 Å². The highest BCUT2D eigenvalue weighted by molar-refractivity contribution is 6.18. The molecular formula is C17H12ClF7N4O2. The average molecular weight is 473 g/mol. The molecule has 3 rings (SSSR count). The third-order valence-corrected chi connectivity index (χ3v) is 4.97. The first-order valence-corrected chi connectivity index (χ1v) is 8.97. The van der Waals surface area contributed by atoms with Crippen LogP contribution in [0.25, 0.3) is 16.7 Å². The fourth-order valence-electron chi connectivity index (χ4n) is 3.11. The van der Waals surface area contributed by atoms with Crippen LogP contribution in [0.5, 0.6) is 0 Å². The first-order valence-electron chi connectivity index (χ1n) is 8.43. The molecule has 168 valence electrons. The summed E-state index contributed by atoms with van der Waals surface area (Å²) in [6.45, 7) is 1.33. The number of benzene rings is 1. The number of rotatable bonds is 3. The lowest BCUT2D eigenvalue weighted by Gasteiger charge is -2.17. The number of halogens is 8. The summed E-state index contributed by atoms with van der Waals surface area (Å²) in [5.41, 5.74) is -6.20. The highest BCUT2D eigenvalue weighted by atomic mass is 35.5. The Balaban J connectivity index is 2.40. The van der Waals surface area contributed by atoms with Gasteiger partial charge in [-0.15, -0.1) is 11.6 Å². The van der Waals surface area contributed by atoms with Gasteiger partial charge < -0.3 is 4.57 Å². The van der Waals surface area contributed by atoms with Crippen molar-refractivity contribution in [1.82, 2.24) is 18.7 Å². The molecule has 0 saturated carbocycles. The maximum absolute atomic E-state index is 14.7. The summed E-state index contributed by atoms with van der Waals surface area (Å²) in [5.74, 6) is -3.01. The molecule has 0 N–H and O–H groups in total. The van der Waals surface area contributed by atoms with Crippen LogP contribution in [0.15, 0.2) is 27.8 Å². The van der Waals surface area contributed by atoms with E-state index >= 15 is 0 Å². The van der Waals surface area contributed by atoms with Crippen LogP contribution < -0.4 is 11.2 Å². The van der Waals surface area contributed by atoms with E-state index in [0.29, 0.717) is 10.6 Å². The van der Waals surface area contributed by atoms with E-state index in [1.807, 2.05) is 0 Å². The zero-order chi connectivity index (χ0) is 23.5. The molecule has 1 atom stereocenters. The molecule has 0 amide bonds. The van der Waals surface area contributed by atoms with E-state index in [0.717, 1.165) is 13.1 Å². The SMILES string of the molecule is CC(CCl)n1c(C(F)(F)F)nc2cc(F)c(-n3c(=O)cc(C(F)(F)F)n(C)c3=O)cc21. The maximum atomic E-state index is 14.7. The summed E-state index contributed by atoms with van der Waals surface area (Å²) in [4.78, 5) is 28.0. The molecule has 14 heteroatoms. The second-order valence-corrected chi connectivity index (χ2v) is 6.95. The smallest absolute Gasteiger partial charge is 0.316 e. The molecule has 6 nitrogen and oxygen atoms in total. The highest BCUT2D eigenvalue weighted by Crippen LogP contribution is 2.35. The fraction of sp³-hybridized carbons (Fsp3) is 0.353. The third-order valence-electron chi connectivity index (χ3n) is 4.53. The Kier molecular flexibility index (Phi) is 5.45. The van der Waals surface area contributed by atoms with Gasteiger partial charge in [-0.2, -0.15) is 26.3 Å². The minimum atomic E-state index is -5.04. The van der Waals surface area contributed by atoms with Crippen molar-refractivity contribution >= 4 is 22.6 Å². The second kappa shape index (κ2) is 7.39. The summed E-state index contributed by atoms with van der Waals surface area (Å²) < 4.78 is 94.8. The van der Waals surface area contributed by atoms with Crippen molar-refractivity contribution < 1.29 is 30.7 Å². The molecule has 0 saturated heterocycles. The van der Waals surface area contributed by atoms with E-state index in [1.54, 1.807) is 0 Å². The van der Waals surface area contributed by atoms with Crippen LogP contribution in [0.3, 0.4) is 0 Å². The van der Waals surface area contributed by atoms with E-state index in [1.165, 1.54) is 6.92 Å². The second-order valence-electron chi connectivity index (χ2n) is 6.64. The molecule has 0 aliphatic heterocycles. The van der Waals surface area contributed by atoms with Crippen molar-refractivity contribution in [3.63, 3.8) is 0 Å². The zero-order valence-corrected chi connectivity index (χ0v) is 16.4. The van der Waals surface area contributed by atoms with Crippen molar-refractivity contribution in [1.29, 1.82) is 0 Å². The third kappa shape index (κ3) is 3.82. The molecule has 1 aromatic carbocycles. The van der Waals surface area contributed by atoms with Crippen molar-refractivity contribution in [2.75, 3.05) is 5.88 Å². The monoisotopic (exact) mass is 472 g/mol. The van der Waals surface area contributed by atoms with Crippen LogP contribution >= 0.6 is 11.6 Å². The molecule has 2 aromatic heterocycles. The van der Waals surface area contributed by atoms with Gasteiger partial charge in [0, 0.05) is 31.1 Å². The molecule has 1 unspecified atom stereocenters. The Labute approximate surface area is 173 Å². The van der Waals surface area contributed by atoms with Crippen molar-refractivity contribution in [2.45, 2.75) is 25.3 Å². The van der Waals surface area contributed by atoms with Crippen LogP contribution in [0.4, 0.5) is 30.7 Å². The van der Waals surface area contributed by atoms with E-state index in [9.17, 15) is 40.3 Å². The first-order chi connectivity index (χ1) is 14.2. The Morgan fingerprint density at radius 3 is 2.19 bits per heavy atom. The van der Waals surface area contributed by atoms with E-state index < -0.39 is 58.2 Å². The van der Waals surface area contributed by atoms with E-state index in [-0.39, 0.29) is 26.6 Å². The molecule has 0 fully saturated rings. The lowest BCUT2D eigenvalue weighted by Crippen LogP contribution is -2.41. The number of aromatic nitrogens is 4. The van der Waals surface area contributed by atoms with Gasteiger partial charge in [0.05, 0.1) is 16.7 Å². The van der Waals surface area contributed by atoms with Gasteiger partial charge in [-0.05, 0) is 13.0 Å². The topological polar surface area (TPSA) is 61.8 Å². The van der Waals surface area contributed by atoms with Gasteiger partial charge in [0.15, 0.2) is 0 Å². The molecular weight excluding hydrogens is 461 g/mol. The van der Waals surface area contributed by atoms with E-state index in [4.69, 9.17) is 11.6 Å². The van der Waals surface area contributed by atoms with Crippen LogP contribution in [0.1, 0.15) is 24.5 Å². The molecule has 0 aliphatic carbocycles. The molecule has 0 radical (unpaired) electrons. The molecule has 0 bridgehead atoms. The highest BCUT2D eigenvalue weighted by Gasteiger charge is 2.39. The largest absolute Gasteiger partial charge is 0.449 e. The van der Waals surface area contributed by atoms with Gasteiger partial charge in [-0.1, -0.05) is 0 Å². The minimum absolute atomic E-state index is 0.0882. The van der Waals surface area contributed by atoms with Crippen molar-refractivity contribution in [2.24, 2.45) is 7.05 Å². The fourth-order valence-corrected chi connectivity index (χ4v) is 3.25. The summed E-state index contributed by atoms with van der Waals surface area (Å²) in [6.07, 6.45) is -9.97. The van der Waals surface area contributed by atoms with Gasteiger partial charge in [0.25, 0.3) is 5.56 Å². The van der Waals surface area contributed by atoms with Gasteiger partial charge in [-0.25, -0.2) is 18.7 Å².